The lowest BCUT2D eigenvalue weighted by Gasteiger charge is -2.27. The van der Waals surface area contributed by atoms with Gasteiger partial charge in [-0.05, 0) is 68.1 Å². The fourth-order valence-corrected chi connectivity index (χ4v) is 5.16. The van der Waals surface area contributed by atoms with Gasteiger partial charge in [0.1, 0.15) is 30.1 Å². The number of anilines is 1. The largest absolute Gasteiger partial charge is 0.494 e. The lowest BCUT2D eigenvalue weighted by atomic mass is 9.99. The Hall–Kier alpha value is -5.08. The molecule has 0 unspecified atom stereocenters. The van der Waals surface area contributed by atoms with Crippen molar-refractivity contribution in [3.63, 3.8) is 0 Å². The summed E-state index contributed by atoms with van der Waals surface area (Å²) < 4.78 is 24.3. The van der Waals surface area contributed by atoms with Crippen LogP contribution in [0, 0.1) is 0 Å². The molecule has 0 saturated carbocycles. The number of carbonyl (C=O) groups excluding carboxylic acids is 1. The number of nitrogens with zero attached hydrogens (tertiary/aromatic N) is 5. The highest BCUT2D eigenvalue weighted by Crippen LogP contribution is 2.35. The zero-order valence-electron chi connectivity index (χ0n) is 27.0. The second-order valence-corrected chi connectivity index (χ2v) is 11.2. The molecule has 4 aromatic rings. The number of hydrogen-bond acceptors (Lipinski definition) is 11. The van der Waals surface area contributed by atoms with E-state index in [1.807, 2.05) is 48.0 Å². The minimum atomic E-state index is -0.966. The van der Waals surface area contributed by atoms with Crippen LogP contribution in [0.1, 0.15) is 59.9 Å². The maximum Gasteiger partial charge on any atom is 0.329 e. The zero-order chi connectivity index (χ0) is 33.6. The Kier molecular flexibility index (Phi) is 12.7. The number of hydrogen-bond donors (Lipinski definition) is 3. The predicted octanol–water partition coefficient (Wildman–Crippen LogP) is 4.19. The standard InChI is InChI=1S/C34H41N7O7/c1-41-31(39-40-33(41)29-11-13-35-23-37-29)21-36-25-8-5-7-24(19-25)34(44)38-28-12-18-48-30-10-9-26(20-27(28)30)47-17-4-2-3-14-45-15-6-16-46-22-32(42)43/h5,7-11,13,19-20,23,28,36H,2-4,6,12,14-18,21-22H2,1H3,(H,38,44)(H,42,43)/t28-/m1/s1. The summed E-state index contributed by atoms with van der Waals surface area (Å²) >= 11 is 0. The van der Waals surface area contributed by atoms with E-state index in [0.717, 1.165) is 47.8 Å². The zero-order valence-corrected chi connectivity index (χ0v) is 27.0. The highest BCUT2D eigenvalue weighted by atomic mass is 16.5. The first-order valence-electron chi connectivity index (χ1n) is 16.0. The normalized spacial score (nSPS) is 13.7. The van der Waals surface area contributed by atoms with Gasteiger partial charge in [-0.25, -0.2) is 14.8 Å². The van der Waals surface area contributed by atoms with Gasteiger partial charge in [0.05, 0.1) is 25.8 Å². The maximum absolute atomic E-state index is 13.4. The molecule has 254 valence electrons. The number of unbranched alkanes of at least 4 members (excludes halogenated alkanes) is 2. The first kappa shape index (κ1) is 34.3. The van der Waals surface area contributed by atoms with Gasteiger partial charge in [0.15, 0.2) is 11.6 Å². The van der Waals surface area contributed by atoms with E-state index in [2.05, 4.69) is 30.8 Å². The molecule has 5 rings (SSSR count). The van der Waals surface area contributed by atoms with Crippen molar-refractivity contribution in [3.05, 3.63) is 78.0 Å². The summed E-state index contributed by atoms with van der Waals surface area (Å²) in [6, 6.07) is 14.7. The topological polar surface area (TPSA) is 172 Å². The fourth-order valence-electron chi connectivity index (χ4n) is 5.16. The van der Waals surface area contributed by atoms with Crippen LogP contribution in [0.25, 0.3) is 11.5 Å². The Morgan fingerprint density at radius 1 is 1.00 bits per heavy atom. The van der Waals surface area contributed by atoms with Gasteiger partial charge in [0.25, 0.3) is 5.91 Å². The van der Waals surface area contributed by atoms with E-state index in [-0.39, 0.29) is 18.6 Å². The maximum atomic E-state index is 13.4. The minimum Gasteiger partial charge on any atom is -0.494 e. The molecule has 2 aromatic carbocycles. The molecule has 0 saturated heterocycles. The summed E-state index contributed by atoms with van der Waals surface area (Å²) in [4.78, 5) is 32.0. The van der Waals surface area contributed by atoms with Crippen molar-refractivity contribution in [1.29, 1.82) is 0 Å². The Morgan fingerprint density at radius 2 is 1.85 bits per heavy atom. The Labute approximate surface area is 278 Å². The first-order valence-corrected chi connectivity index (χ1v) is 16.0. The van der Waals surface area contributed by atoms with Gasteiger partial charge in [-0.15, -0.1) is 10.2 Å². The number of fused-ring (bicyclic) bond motifs is 1. The monoisotopic (exact) mass is 659 g/mol. The summed E-state index contributed by atoms with van der Waals surface area (Å²) in [5.74, 6) is 1.69. The SMILES string of the molecule is Cn1c(CNc2cccc(C(=O)N[C@@H]3CCOc4ccc(OCCCCCOCCCOCC(=O)O)cc43)c2)nnc1-c1ccncn1. The summed E-state index contributed by atoms with van der Waals surface area (Å²) in [5, 5.41) is 23.6. The molecule has 3 heterocycles. The van der Waals surface area contributed by atoms with Crippen molar-refractivity contribution in [3.8, 4) is 23.0 Å². The lowest BCUT2D eigenvalue weighted by Crippen LogP contribution is -2.32. The molecule has 0 aliphatic carbocycles. The van der Waals surface area contributed by atoms with Gasteiger partial charge < -0.3 is 39.3 Å². The first-order chi connectivity index (χ1) is 23.5. The highest BCUT2D eigenvalue weighted by molar-refractivity contribution is 5.95. The van der Waals surface area contributed by atoms with Crippen LogP contribution in [0.15, 0.2) is 61.1 Å². The van der Waals surface area contributed by atoms with Crippen LogP contribution in [-0.2, 0) is 27.9 Å². The molecule has 14 heteroatoms. The molecule has 2 aromatic heterocycles. The molecule has 1 aliphatic rings. The number of carboxylic acid groups (broad SMARTS) is 1. The van der Waals surface area contributed by atoms with Crippen LogP contribution in [-0.4, -0.2) is 81.4 Å². The van der Waals surface area contributed by atoms with Crippen LogP contribution >= 0.6 is 0 Å². The van der Waals surface area contributed by atoms with Gasteiger partial charge in [0, 0.05) is 56.3 Å². The third-order valence-electron chi connectivity index (χ3n) is 7.68. The van der Waals surface area contributed by atoms with Gasteiger partial charge in [-0.2, -0.15) is 0 Å². The molecular formula is C34H41N7O7. The predicted molar refractivity (Wildman–Crippen MR) is 176 cm³/mol. The highest BCUT2D eigenvalue weighted by Gasteiger charge is 2.24. The van der Waals surface area contributed by atoms with Crippen molar-refractivity contribution in [1.82, 2.24) is 30.0 Å². The number of ether oxygens (including phenoxy) is 4. The third kappa shape index (κ3) is 9.96. The Morgan fingerprint density at radius 3 is 2.71 bits per heavy atom. The number of carboxylic acids is 1. The van der Waals surface area contributed by atoms with Gasteiger partial charge in [-0.1, -0.05) is 6.07 Å². The lowest BCUT2D eigenvalue weighted by molar-refractivity contribution is -0.142. The summed E-state index contributed by atoms with van der Waals surface area (Å²) in [7, 11) is 1.88. The van der Waals surface area contributed by atoms with Crippen molar-refractivity contribution >= 4 is 17.6 Å². The second kappa shape index (κ2) is 17.7. The third-order valence-corrected chi connectivity index (χ3v) is 7.68. The van der Waals surface area contributed by atoms with E-state index in [0.29, 0.717) is 69.5 Å². The number of benzene rings is 2. The van der Waals surface area contributed by atoms with Crippen LogP contribution in [0.4, 0.5) is 5.69 Å². The van der Waals surface area contributed by atoms with Crippen LogP contribution in [0.2, 0.25) is 0 Å². The number of aromatic nitrogens is 5. The molecule has 14 nitrogen and oxygen atoms in total. The second-order valence-electron chi connectivity index (χ2n) is 11.2. The van der Waals surface area contributed by atoms with Crippen molar-refractivity contribution in [2.45, 2.75) is 44.7 Å². The molecule has 0 fully saturated rings. The summed E-state index contributed by atoms with van der Waals surface area (Å²) in [5.41, 5.74) is 2.90. The van der Waals surface area contributed by atoms with Gasteiger partial charge in [0.2, 0.25) is 0 Å². The number of amides is 1. The minimum absolute atomic E-state index is 0.178. The molecule has 3 N–H and O–H groups in total. The molecule has 1 atom stereocenters. The van der Waals surface area contributed by atoms with Crippen molar-refractivity contribution < 1.29 is 33.6 Å². The van der Waals surface area contributed by atoms with E-state index in [1.54, 1.807) is 18.3 Å². The quantitative estimate of drug-likeness (QED) is 0.123. The van der Waals surface area contributed by atoms with E-state index in [1.165, 1.54) is 6.33 Å². The summed E-state index contributed by atoms with van der Waals surface area (Å²) in [6.45, 7) is 2.77. The average molecular weight is 660 g/mol. The molecule has 1 amide bonds. The van der Waals surface area contributed by atoms with E-state index in [9.17, 15) is 9.59 Å². The van der Waals surface area contributed by atoms with Crippen molar-refractivity contribution in [2.24, 2.45) is 7.05 Å². The van der Waals surface area contributed by atoms with E-state index >= 15 is 0 Å². The van der Waals surface area contributed by atoms with Crippen LogP contribution in [0.3, 0.4) is 0 Å². The van der Waals surface area contributed by atoms with Gasteiger partial charge >= 0.3 is 5.97 Å². The van der Waals surface area contributed by atoms with E-state index in [4.69, 9.17) is 24.1 Å². The van der Waals surface area contributed by atoms with Crippen LogP contribution < -0.4 is 20.1 Å². The fraction of sp³-hybridized carbons (Fsp3) is 0.412. The van der Waals surface area contributed by atoms with Gasteiger partial charge in [-0.3, -0.25) is 4.79 Å². The summed E-state index contributed by atoms with van der Waals surface area (Å²) in [6.07, 6.45) is 7.20. The van der Waals surface area contributed by atoms with Crippen molar-refractivity contribution in [2.75, 3.05) is 45.0 Å². The Bertz CT molecular complexity index is 1630. The molecule has 48 heavy (non-hydrogen) atoms. The van der Waals surface area contributed by atoms with Crippen LogP contribution in [0.5, 0.6) is 11.5 Å². The molecule has 0 bridgehead atoms. The molecule has 0 spiro atoms. The smallest absolute Gasteiger partial charge is 0.329 e. The molecule has 1 aliphatic heterocycles. The molecule has 0 radical (unpaired) electrons. The van der Waals surface area contributed by atoms with E-state index < -0.39 is 5.97 Å². The Balaban J connectivity index is 1.06. The number of carbonyl (C=O) groups is 2. The average Bonchev–Trinajstić information content (AvgIpc) is 3.48. The number of nitrogens with one attached hydrogen (secondary N) is 2. The number of rotatable bonds is 19. The molecular weight excluding hydrogens is 618 g/mol. The number of aliphatic carboxylic acids is 1.